The van der Waals surface area contributed by atoms with E-state index in [1.54, 1.807) is 6.20 Å². The molecule has 210 valence electrons. The molecular formula is C31H41FN4O3. The largest absolute Gasteiger partial charge is 0.369 e. The lowest BCUT2D eigenvalue weighted by Gasteiger charge is -2.62. The number of nitrogens with one attached hydrogen (secondary N) is 1. The van der Waals surface area contributed by atoms with E-state index < -0.39 is 24.2 Å². The highest BCUT2D eigenvalue weighted by molar-refractivity contribution is 6.20. The molecule has 0 radical (unpaired) electrons. The summed E-state index contributed by atoms with van der Waals surface area (Å²) in [7, 11) is 0. The molecule has 1 aromatic rings. The van der Waals surface area contributed by atoms with E-state index in [-0.39, 0.29) is 41.9 Å². The fraction of sp³-hybridized carbons (Fsp3) is 0.710. The van der Waals surface area contributed by atoms with Crippen molar-refractivity contribution in [1.82, 2.24) is 20.1 Å². The van der Waals surface area contributed by atoms with Crippen LogP contribution in [0.4, 0.5) is 4.39 Å². The summed E-state index contributed by atoms with van der Waals surface area (Å²) in [5.41, 5.74) is 1.25. The second-order valence-electron chi connectivity index (χ2n) is 12.7. The zero-order chi connectivity index (χ0) is 26.5. The summed E-state index contributed by atoms with van der Waals surface area (Å²) in [5.74, 6) is 0.302. The molecule has 5 fully saturated rings. The fourth-order valence-electron chi connectivity index (χ4n) is 8.80. The van der Waals surface area contributed by atoms with Crippen LogP contribution in [0.15, 0.2) is 36.2 Å². The first-order chi connectivity index (χ1) is 19.1. The van der Waals surface area contributed by atoms with E-state index in [1.807, 2.05) is 29.3 Å². The molecule has 4 heterocycles. The summed E-state index contributed by atoms with van der Waals surface area (Å²) in [6.45, 7) is 2.00. The van der Waals surface area contributed by atoms with Crippen LogP contribution in [0.1, 0.15) is 63.5 Å². The van der Waals surface area contributed by atoms with E-state index in [0.717, 1.165) is 31.4 Å². The van der Waals surface area contributed by atoms with Gasteiger partial charge in [0.2, 0.25) is 0 Å². The average molecular weight is 537 g/mol. The number of likely N-dealkylation sites (tertiary alicyclic amines) is 1. The predicted octanol–water partition coefficient (Wildman–Crippen LogP) is 3.44. The van der Waals surface area contributed by atoms with Gasteiger partial charge in [-0.1, -0.05) is 25.3 Å². The van der Waals surface area contributed by atoms with E-state index >= 15 is 4.39 Å². The van der Waals surface area contributed by atoms with Gasteiger partial charge in [-0.15, -0.1) is 0 Å². The Labute approximate surface area is 230 Å². The number of pyridine rings is 1. The van der Waals surface area contributed by atoms with Gasteiger partial charge in [0.15, 0.2) is 5.78 Å². The second kappa shape index (κ2) is 10.6. The molecule has 3 aliphatic carbocycles. The monoisotopic (exact) mass is 536 g/mol. The van der Waals surface area contributed by atoms with Gasteiger partial charge in [-0.05, 0) is 62.5 Å². The van der Waals surface area contributed by atoms with E-state index in [1.165, 1.54) is 25.7 Å². The zero-order valence-corrected chi connectivity index (χ0v) is 22.7. The van der Waals surface area contributed by atoms with E-state index in [2.05, 4.69) is 15.2 Å². The number of fused-ring (bicyclic) bond motifs is 4. The molecule has 9 atom stereocenters. The van der Waals surface area contributed by atoms with Crippen molar-refractivity contribution >= 4 is 11.7 Å². The summed E-state index contributed by atoms with van der Waals surface area (Å²) in [5, 5.41) is 3.48. The number of carbonyl (C=O) groups excluding carboxylic acids is 2. The summed E-state index contributed by atoms with van der Waals surface area (Å²) in [6, 6.07) is 5.30. The minimum atomic E-state index is -1.21. The fourth-order valence-corrected chi connectivity index (χ4v) is 8.80. The van der Waals surface area contributed by atoms with E-state index in [4.69, 9.17) is 4.74 Å². The van der Waals surface area contributed by atoms with Crippen LogP contribution in [0.2, 0.25) is 0 Å². The van der Waals surface area contributed by atoms with Crippen LogP contribution in [0.5, 0.6) is 0 Å². The molecule has 1 aromatic heterocycles. The Balaban J connectivity index is 1.21. The van der Waals surface area contributed by atoms with Gasteiger partial charge in [-0.25, -0.2) is 4.39 Å². The number of alkyl halides is 1. The number of Topliss-reactive ketones (excluding diaryl/α,β-unsaturated/α-hetero) is 1. The van der Waals surface area contributed by atoms with Gasteiger partial charge in [0, 0.05) is 50.1 Å². The number of ketones is 1. The lowest BCUT2D eigenvalue weighted by atomic mass is 9.63. The van der Waals surface area contributed by atoms with Crippen molar-refractivity contribution in [2.45, 2.75) is 101 Å². The SMILES string of the molecule is O=C1C(C(=O)N2CCCC2)=CN2C3C(CCC4CCCCC43)OC3C(NCCc4ccccn4)C(F)CC1C32. The van der Waals surface area contributed by atoms with Crippen LogP contribution >= 0.6 is 0 Å². The Morgan fingerprint density at radius 2 is 1.92 bits per heavy atom. The molecular weight excluding hydrogens is 495 g/mol. The van der Waals surface area contributed by atoms with Gasteiger partial charge in [0.25, 0.3) is 5.91 Å². The maximum atomic E-state index is 16.0. The second-order valence-corrected chi connectivity index (χ2v) is 12.7. The van der Waals surface area contributed by atoms with Gasteiger partial charge in [-0.3, -0.25) is 14.6 Å². The number of carbonyl (C=O) groups is 2. The number of ether oxygens (including phenoxy) is 1. The maximum absolute atomic E-state index is 16.0. The summed E-state index contributed by atoms with van der Waals surface area (Å²) < 4.78 is 22.9. The Morgan fingerprint density at radius 1 is 1.08 bits per heavy atom. The van der Waals surface area contributed by atoms with E-state index in [9.17, 15) is 9.59 Å². The minimum Gasteiger partial charge on any atom is -0.369 e. The Bertz CT molecular complexity index is 1110. The standard InChI is InChI=1S/C31H41FN4O3/c32-24-17-22-28-30(26(24)34-14-12-20-8-3-4-13-33-20)39-25-11-10-19-7-1-2-9-21(19)27(25)36(28)18-23(29(22)37)31(38)35-15-5-6-16-35/h3-4,8,13,18-19,21-22,24-28,30,34H,1-2,5-7,9-12,14-17H2. The highest BCUT2D eigenvalue weighted by Crippen LogP contribution is 2.51. The lowest BCUT2D eigenvalue weighted by molar-refractivity contribution is -0.215. The minimum absolute atomic E-state index is 0.00392. The third-order valence-electron chi connectivity index (χ3n) is 10.6. The number of aromatic nitrogens is 1. The average Bonchev–Trinajstić information content (AvgIpc) is 3.51. The molecule has 2 saturated heterocycles. The van der Waals surface area contributed by atoms with Gasteiger partial charge < -0.3 is 19.9 Å². The van der Waals surface area contributed by atoms with Gasteiger partial charge >= 0.3 is 0 Å². The molecule has 0 spiro atoms. The van der Waals surface area contributed by atoms with Crippen LogP contribution in [-0.2, 0) is 20.7 Å². The number of nitrogens with zero attached hydrogens (tertiary/aromatic N) is 3. The first kappa shape index (κ1) is 25.6. The molecule has 39 heavy (non-hydrogen) atoms. The van der Waals surface area contributed by atoms with Crippen LogP contribution in [-0.4, -0.2) is 82.6 Å². The highest BCUT2D eigenvalue weighted by Gasteiger charge is 2.60. The molecule has 6 aliphatic rings. The molecule has 8 heteroatoms. The number of morpholine rings is 1. The molecule has 1 N–H and O–H groups in total. The van der Waals surface area contributed by atoms with Crippen molar-refractivity contribution in [3.63, 3.8) is 0 Å². The van der Waals surface area contributed by atoms with Gasteiger partial charge in [-0.2, -0.15) is 0 Å². The van der Waals surface area contributed by atoms with Crippen molar-refractivity contribution in [2.24, 2.45) is 17.8 Å². The lowest BCUT2D eigenvalue weighted by Crippen LogP contribution is -2.74. The molecule has 1 amide bonds. The number of rotatable bonds is 5. The van der Waals surface area contributed by atoms with Crippen LogP contribution in [0.3, 0.4) is 0 Å². The molecule has 3 saturated carbocycles. The highest BCUT2D eigenvalue weighted by atomic mass is 19.1. The Hall–Kier alpha value is -2.32. The van der Waals surface area contributed by atoms with Crippen LogP contribution in [0, 0.1) is 17.8 Å². The smallest absolute Gasteiger partial charge is 0.258 e. The zero-order valence-electron chi connectivity index (χ0n) is 22.7. The van der Waals surface area contributed by atoms with Gasteiger partial charge in [0.1, 0.15) is 6.17 Å². The molecule has 7 rings (SSSR count). The summed E-state index contributed by atoms with van der Waals surface area (Å²) in [6.07, 6.45) is 11.9. The van der Waals surface area contributed by atoms with Crippen LogP contribution < -0.4 is 5.32 Å². The molecule has 3 aliphatic heterocycles. The molecule has 0 aromatic carbocycles. The van der Waals surface area contributed by atoms with Crippen molar-refractivity contribution in [2.75, 3.05) is 19.6 Å². The predicted molar refractivity (Wildman–Crippen MR) is 144 cm³/mol. The normalized spacial score (nSPS) is 39.5. The first-order valence-electron chi connectivity index (χ1n) is 15.4. The third-order valence-corrected chi connectivity index (χ3v) is 10.6. The number of amides is 1. The van der Waals surface area contributed by atoms with E-state index in [0.29, 0.717) is 37.9 Å². The van der Waals surface area contributed by atoms with Gasteiger partial charge in [0.05, 0.1) is 35.9 Å². The Morgan fingerprint density at radius 3 is 2.74 bits per heavy atom. The number of hydrogen-bond acceptors (Lipinski definition) is 6. The summed E-state index contributed by atoms with van der Waals surface area (Å²) in [4.78, 5) is 36.1. The molecule has 0 bridgehead atoms. The maximum Gasteiger partial charge on any atom is 0.258 e. The van der Waals surface area contributed by atoms with Crippen molar-refractivity contribution in [3.05, 3.63) is 41.9 Å². The number of hydrogen-bond donors (Lipinski definition) is 1. The Kier molecular flexibility index (Phi) is 6.96. The first-order valence-corrected chi connectivity index (χ1v) is 15.4. The summed E-state index contributed by atoms with van der Waals surface area (Å²) >= 11 is 0. The molecule has 9 unspecified atom stereocenters. The van der Waals surface area contributed by atoms with Crippen molar-refractivity contribution in [3.8, 4) is 0 Å². The molecule has 7 nitrogen and oxygen atoms in total. The quantitative estimate of drug-likeness (QED) is 0.582. The van der Waals surface area contributed by atoms with Crippen molar-refractivity contribution in [1.29, 1.82) is 0 Å². The topological polar surface area (TPSA) is 74.8 Å². The number of halogens is 1. The third kappa shape index (κ3) is 4.51. The van der Waals surface area contributed by atoms with Crippen LogP contribution in [0.25, 0.3) is 0 Å². The van der Waals surface area contributed by atoms with Crippen molar-refractivity contribution < 1.29 is 18.7 Å².